The third kappa shape index (κ3) is 3.65. The van der Waals surface area contributed by atoms with Crippen molar-refractivity contribution in [2.24, 2.45) is 0 Å². The van der Waals surface area contributed by atoms with Gasteiger partial charge in [-0.05, 0) is 12.5 Å². The average molecular weight is 289 g/mol. The minimum Gasteiger partial charge on any atom is -0.325 e. The van der Waals surface area contributed by atoms with E-state index in [-0.39, 0.29) is 5.37 Å². The number of hydrogen-bond acceptors (Lipinski definition) is 2. The molecule has 1 saturated heterocycles. The second-order valence-electron chi connectivity index (χ2n) is 4.51. The molecular formula is C13H14F3NOS. The van der Waals surface area contributed by atoms with Gasteiger partial charge in [0.1, 0.15) is 11.8 Å². The van der Waals surface area contributed by atoms with Gasteiger partial charge >= 0.3 is 6.18 Å². The van der Waals surface area contributed by atoms with Gasteiger partial charge in [0, 0.05) is 12.3 Å². The lowest BCUT2D eigenvalue weighted by molar-refractivity contribution is -0.161. The molecule has 6 heteroatoms. The van der Waals surface area contributed by atoms with Crippen LogP contribution in [-0.4, -0.2) is 29.3 Å². The maximum absolute atomic E-state index is 12.3. The van der Waals surface area contributed by atoms with E-state index in [0.29, 0.717) is 12.3 Å². The predicted octanol–water partition coefficient (Wildman–Crippen LogP) is 3.52. The van der Waals surface area contributed by atoms with Crippen LogP contribution in [0.15, 0.2) is 24.3 Å². The summed E-state index contributed by atoms with van der Waals surface area (Å²) in [6, 6.07) is 7.54. The minimum absolute atomic E-state index is 0.296. The molecule has 2 rings (SSSR count). The molecule has 1 amide bonds. The van der Waals surface area contributed by atoms with E-state index < -0.39 is 18.5 Å². The van der Waals surface area contributed by atoms with E-state index in [1.165, 1.54) is 16.7 Å². The number of nitrogens with zero attached hydrogens (tertiary/aromatic N) is 1. The molecule has 1 aromatic carbocycles. The van der Waals surface area contributed by atoms with E-state index in [1.807, 2.05) is 31.2 Å². The van der Waals surface area contributed by atoms with E-state index >= 15 is 0 Å². The minimum atomic E-state index is -4.44. The summed E-state index contributed by atoms with van der Waals surface area (Å²) in [6.45, 7) is 2.32. The number of rotatable bonds is 2. The fraction of sp³-hybridized carbons (Fsp3) is 0.462. The van der Waals surface area contributed by atoms with Crippen LogP contribution in [0.3, 0.4) is 0 Å². The van der Waals surface area contributed by atoms with Gasteiger partial charge in [0.05, 0.1) is 0 Å². The van der Waals surface area contributed by atoms with Crippen molar-refractivity contribution in [3.8, 4) is 0 Å². The molecule has 0 aliphatic carbocycles. The fourth-order valence-corrected chi connectivity index (χ4v) is 3.28. The highest BCUT2D eigenvalue weighted by molar-refractivity contribution is 7.99. The topological polar surface area (TPSA) is 20.3 Å². The largest absolute Gasteiger partial charge is 0.397 e. The van der Waals surface area contributed by atoms with Crippen LogP contribution in [0.4, 0.5) is 13.2 Å². The molecule has 0 radical (unpaired) electrons. The van der Waals surface area contributed by atoms with Crippen molar-refractivity contribution in [3.05, 3.63) is 35.4 Å². The van der Waals surface area contributed by atoms with Gasteiger partial charge in [-0.15, -0.1) is 11.8 Å². The van der Waals surface area contributed by atoms with E-state index in [0.717, 1.165) is 11.1 Å². The SMILES string of the molecule is Cc1ccc(C2SCCN2C(=O)CC(F)(F)F)cc1. The van der Waals surface area contributed by atoms with Crippen molar-refractivity contribution in [1.29, 1.82) is 0 Å². The van der Waals surface area contributed by atoms with E-state index in [2.05, 4.69) is 0 Å². The average Bonchev–Trinajstić information content (AvgIpc) is 2.76. The van der Waals surface area contributed by atoms with Crippen LogP contribution in [-0.2, 0) is 4.79 Å². The third-order valence-corrected chi connectivity index (χ3v) is 4.19. The van der Waals surface area contributed by atoms with Gasteiger partial charge in [-0.25, -0.2) is 0 Å². The molecule has 2 nitrogen and oxygen atoms in total. The first-order chi connectivity index (χ1) is 8.87. The van der Waals surface area contributed by atoms with Gasteiger partial charge in [0.2, 0.25) is 5.91 Å². The lowest BCUT2D eigenvalue weighted by Crippen LogP contribution is -2.33. The van der Waals surface area contributed by atoms with E-state index in [4.69, 9.17) is 0 Å². The molecule has 19 heavy (non-hydrogen) atoms. The number of halogens is 3. The Balaban J connectivity index is 2.12. The van der Waals surface area contributed by atoms with Crippen LogP contribution in [0, 0.1) is 6.92 Å². The zero-order chi connectivity index (χ0) is 14.0. The molecule has 0 bridgehead atoms. The second-order valence-corrected chi connectivity index (χ2v) is 5.70. The van der Waals surface area contributed by atoms with Crippen molar-refractivity contribution >= 4 is 17.7 Å². The van der Waals surface area contributed by atoms with Crippen molar-refractivity contribution in [1.82, 2.24) is 4.90 Å². The molecular weight excluding hydrogens is 275 g/mol. The molecule has 0 aromatic heterocycles. The normalized spacial score (nSPS) is 19.8. The van der Waals surface area contributed by atoms with E-state index in [9.17, 15) is 18.0 Å². The second kappa shape index (κ2) is 5.45. The Morgan fingerprint density at radius 1 is 1.37 bits per heavy atom. The Labute approximate surface area is 114 Å². The molecule has 104 valence electrons. The fourth-order valence-electron chi connectivity index (χ4n) is 2.01. The standard InChI is InChI=1S/C13H14F3NOS/c1-9-2-4-10(5-3-9)12-17(6-7-19-12)11(18)8-13(14,15)16/h2-5,12H,6-8H2,1H3. The van der Waals surface area contributed by atoms with Crippen LogP contribution in [0.5, 0.6) is 0 Å². The first-order valence-electron chi connectivity index (χ1n) is 5.91. The van der Waals surface area contributed by atoms with Crippen molar-refractivity contribution < 1.29 is 18.0 Å². The Bertz CT molecular complexity index is 458. The molecule has 1 aliphatic heterocycles. The van der Waals surface area contributed by atoms with Crippen LogP contribution < -0.4 is 0 Å². The molecule has 1 atom stereocenters. The Morgan fingerprint density at radius 2 is 2.00 bits per heavy atom. The molecule has 1 heterocycles. The summed E-state index contributed by atoms with van der Waals surface area (Å²) < 4.78 is 36.9. The van der Waals surface area contributed by atoms with Crippen molar-refractivity contribution in [2.45, 2.75) is 24.9 Å². The van der Waals surface area contributed by atoms with Gasteiger partial charge in [0.15, 0.2) is 0 Å². The Hall–Kier alpha value is -1.17. The number of thioether (sulfide) groups is 1. The zero-order valence-electron chi connectivity index (χ0n) is 10.4. The first kappa shape index (κ1) is 14.2. The first-order valence-corrected chi connectivity index (χ1v) is 6.96. The molecule has 1 unspecified atom stereocenters. The lowest BCUT2D eigenvalue weighted by Gasteiger charge is -2.24. The highest BCUT2D eigenvalue weighted by Crippen LogP contribution is 2.39. The zero-order valence-corrected chi connectivity index (χ0v) is 11.2. The number of benzene rings is 1. The molecule has 0 spiro atoms. The number of amides is 1. The summed E-state index contributed by atoms with van der Waals surface area (Å²) in [5.74, 6) is -0.176. The number of carbonyl (C=O) groups is 1. The molecule has 1 aliphatic rings. The van der Waals surface area contributed by atoms with Gasteiger partial charge in [-0.3, -0.25) is 4.79 Å². The Morgan fingerprint density at radius 3 is 2.58 bits per heavy atom. The van der Waals surface area contributed by atoms with Crippen LogP contribution in [0.1, 0.15) is 22.9 Å². The van der Waals surface area contributed by atoms with Crippen LogP contribution in [0.25, 0.3) is 0 Å². The highest BCUT2D eigenvalue weighted by atomic mass is 32.2. The summed E-state index contributed by atoms with van der Waals surface area (Å²) in [5, 5.41) is -0.296. The maximum Gasteiger partial charge on any atom is 0.397 e. The van der Waals surface area contributed by atoms with Gasteiger partial charge in [-0.1, -0.05) is 29.8 Å². The highest BCUT2D eigenvalue weighted by Gasteiger charge is 2.38. The predicted molar refractivity (Wildman–Crippen MR) is 68.8 cm³/mol. The summed E-state index contributed by atoms with van der Waals surface area (Å²) in [6.07, 6.45) is -5.82. The number of alkyl halides is 3. The molecule has 1 aromatic rings. The van der Waals surface area contributed by atoms with Crippen LogP contribution in [0.2, 0.25) is 0 Å². The van der Waals surface area contributed by atoms with E-state index in [1.54, 1.807) is 0 Å². The smallest absolute Gasteiger partial charge is 0.325 e. The molecule has 0 N–H and O–H groups in total. The van der Waals surface area contributed by atoms with Crippen molar-refractivity contribution in [2.75, 3.05) is 12.3 Å². The number of hydrogen-bond donors (Lipinski definition) is 0. The summed E-state index contributed by atoms with van der Waals surface area (Å²) in [7, 11) is 0. The van der Waals surface area contributed by atoms with Gasteiger partial charge in [0.25, 0.3) is 0 Å². The molecule has 1 fully saturated rings. The monoisotopic (exact) mass is 289 g/mol. The Kier molecular flexibility index (Phi) is 4.08. The molecule has 0 saturated carbocycles. The maximum atomic E-state index is 12.3. The van der Waals surface area contributed by atoms with Crippen LogP contribution >= 0.6 is 11.8 Å². The third-order valence-electron chi connectivity index (χ3n) is 2.93. The quantitative estimate of drug-likeness (QED) is 0.830. The van der Waals surface area contributed by atoms with Gasteiger partial charge in [-0.2, -0.15) is 13.2 Å². The number of aryl methyl sites for hydroxylation is 1. The van der Waals surface area contributed by atoms with Gasteiger partial charge < -0.3 is 4.90 Å². The summed E-state index contributed by atoms with van der Waals surface area (Å²) in [5.41, 5.74) is 1.96. The summed E-state index contributed by atoms with van der Waals surface area (Å²) in [4.78, 5) is 13.0. The summed E-state index contributed by atoms with van der Waals surface area (Å²) >= 11 is 1.50. The number of carbonyl (C=O) groups excluding carboxylic acids is 1. The van der Waals surface area contributed by atoms with Crippen molar-refractivity contribution in [3.63, 3.8) is 0 Å². The lowest BCUT2D eigenvalue weighted by atomic mass is 10.1.